The Kier molecular flexibility index (Phi) is 5.09. The van der Waals surface area contributed by atoms with E-state index in [0.29, 0.717) is 28.6 Å². The number of benzene rings is 1. The van der Waals surface area contributed by atoms with Gasteiger partial charge in [-0.15, -0.1) is 11.3 Å². The molecule has 0 aliphatic carbocycles. The SMILES string of the molecule is CCOc1cccc(/C(O)=C2\C(=O)C(=O)N(c3nccs3)C2c2cccnc2)c1. The van der Waals surface area contributed by atoms with Crippen LogP contribution >= 0.6 is 11.3 Å². The summed E-state index contributed by atoms with van der Waals surface area (Å²) in [5.41, 5.74) is 0.984. The number of nitrogens with zero attached hydrogens (tertiary/aromatic N) is 3. The predicted molar refractivity (Wildman–Crippen MR) is 109 cm³/mol. The second kappa shape index (κ2) is 7.84. The Morgan fingerprint density at radius 2 is 2.10 bits per heavy atom. The molecule has 1 aliphatic rings. The first-order valence-electron chi connectivity index (χ1n) is 8.95. The number of aliphatic hydroxyl groups is 1. The van der Waals surface area contributed by atoms with Crippen molar-refractivity contribution in [3.8, 4) is 5.75 Å². The van der Waals surface area contributed by atoms with Crippen molar-refractivity contribution in [3.63, 3.8) is 0 Å². The summed E-state index contributed by atoms with van der Waals surface area (Å²) < 4.78 is 5.48. The van der Waals surface area contributed by atoms with Crippen molar-refractivity contribution >= 4 is 33.9 Å². The van der Waals surface area contributed by atoms with Gasteiger partial charge in [0, 0.05) is 29.5 Å². The first kappa shape index (κ1) is 18.8. The molecule has 4 rings (SSSR count). The quantitative estimate of drug-likeness (QED) is 0.395. The fourth-order valence-corrected chi connectivity index (χ4v) is 3.94. The zero-order chi connectivity index (χ0) is 20.4. The number of rotatable bonds is 5. The van der Waals surface area contributed by atoms with Gasteiger partial charge in [0.25, 0.3) is 5.78 Å². The van der Waals surface area contributed by atoms with E-state index in [9.17, 15) is 14.7 Å². The summed E-state index contributed by atoms with van der Waals surface area (Å²) in [5, 5.41) is 13.1. The van der Waals surface area contributed by atoms with E-state index in [0.717, 1.165) is 0 Å². The number of carbonyl (C=O) groups is 2. The van der Waals surface area contributed by atoms with Gasteiger partial charge in [-0.25, -0.2) is 4.98 Å². The van der Waals surface area contributed by atoms with Gasteiger partial charge >= 0.3 is 5.91 Å². The number of carbonyl (C=O) groups excluding carboxylic acids is 2. The van der Waals surface area contributed by atoms with Gasteiger partial charge in [0.2, 0.25) is 0 Å². The number of amides is 1. The van der Waals surface area contributed by atoms with Crippen molar-refractivity contribution in [2.45, 2.75) is 13.0 Å². The van der Waals surface area contributed by atoms with Crippen LogP contribution in [-0.4, -0.2) is 33.4 Å². The van der Waals surface area contributed by atoms with Crippen molar-refractivity contribution < 1.29 is 19.4 Å². The maximum Gasteiger partial charge on any atom is 0.301 e. The highest BCUT2D eigenvalue weighted by atomic mass is 32.1. The number of ether oxygens (including phenoxy) is 1. The van der Waals surface area contributed by atoms with Gasteiger partial charge in [0.1, 0.15) is 11.5 Å². The number of aromatic nitrogens is 2. The molecule has 0 spiro atoms. The average Bonchev–Trinajstić information content (AvgIpc) is 3.36. The first-order valence-corrected chi connectivity index (χ1v) is 9.83. The summed E-state index contributed by atoms with van der Waals surface area (Å²) in [4.78, 5) is 35.4. The molecule has 1 unspecified atom stereocenters. The van der Waals surface area contributed by atoms with Crippen LogP contribution in [0.5, 0.6) is 5.75 Å². The van der Waals surface area contributed by atoms with E-state index in [-0.39, 0.29) is 11.3 Å². The van der Waals surface area contributed by atoms with E-state index in [1.165, 1.54) is 16.2 Å². The van der Waals surface area contributed by atoms with E-state index in [1.54, 1.807) is 60.4 Å². The van der Waals surface area contributed by atoms with E-state index in [4.69, 9.17) is 4.74 Å². The first-order chi connectivity index (χ1) is 14.1. The average molecular weight is 407 g/mol. The molecule has 146 valence electrons. The van der Waals surface area contributed by atoms with Gasteiger partial charge in [0.05, 0.1) is 18.2 Å². The lowest BCUT2D eigenvalue weighted by molar-refractivity contribution is -0.132. The van der Waals surface area contributed by atoms with Gasteiger partial charge in [-0.2, -0.15) is 0 Å². The van der Waals surface area contributed by atoms with Gasteiger partial charge in [-0.1, -0.05) is 18.2 Å². The third-order valence-electron chi connectivity index (χ3n) is 4.49. The molecule has 0 saturated carbocycles. The number of anilines is 1. The fraction of sp³-hybridized carbons (Fsp3) is 0.143. The van der Waals surface area contributed by atoms with E-state index >= 15 is 0 Å². The second-order valence-electron chi connectivity index (χ2n) is 6.23. The molecule has 2 aromatic heterocycles. The Labute approximate surface area is 170 Å². The van der Waals surface area contributed by atoms with Crippen LogP contribution in [0, 0.1) is 0 Å². The zero-order valence-corrected chi connectivity index (χ0v) is 16.3. The topological polar surface area (TPSA) is 92.6 Å². The van der Waals surface area contributed by atoms with Crippen molar-refractivity contribution in [1.29, 1.82) is 0 Å². The highest BCUT2D eigenvalue weighted by Gasteiger charge is 2.48. The predicted octanol–water partition coefficient (Wildman–Crippen LogP) is 3.56. The van der Waals surface area contributed by atoms with Crippen LogP contribution in [0.15, 0.2) is 65.9 Å². The summed E-state index contributed by atoms with van der Waals surface area (Å²) in [7, 11) is 0. The van der Waals surface area contributed by atoms with Crippen LogP contribution in [0.2, 0.25) is 0 Å². The molecule has 1 saturated heterocycles. The van der Waals surface area contributed by atoms with Crippen LogP contribution in [-0.2, 0) is 9.59 Å². The molecular weight excluding hydrogens is 390 g/mol. The van der Waals surface area contributed by atoms with Gasteiger partial charge in [0.15, 0.2) is 5.13 Å². The molecule has 3 aromatic rings. The van der Waals surface area contributed by atoms with Crippen molar-refractivity contribution in [3.05, 3.63) is 77.1 Å². The highest BCUT2D eigenvalue weighted by Crippen LogP contribution is 2.42. The number of ketones is 1. The third-order valence-corrected chi connectivity index (χ3v) is 5.26. The van der Waals surface area contributed by atoms with Crippen LogP contribution in [0.3, 0.4) is 0 Å². The molecule has 1 N–H and O–H groups in total. The van der Waals surface area contributed by atoms with Crippen molar-refractivity contribution in [2.24, 2.45) is 0 Å². The number of hydrogen-bond donors (Lipinski definition) is 1. The summed E-state index contributed by atoms with van der Waals surface area (Å²) in [6, 6.07) is 9.42. The van der Waals surface area contributed by atoms with E-state index in [2.05, 4.69) is 9.97 Å². The number of pyridine rings is 1. The molecular formula is C21H17N3O4S. The van der Waals surface area contributed by atoms with Crippen molar-refractivity contribution in [2.75, 3.05) is 11.5 Å². The molecule has 1 aromatic carbocycles. The molecule has 1 fully saturated rings. The Bertz CT molecular complexity index is 1080. The molecule has 8 heteroatoms. The minimum Gasteiger partial charge on any atom is -0.507 e. The Hall–Kier alpha value is -3.52. The summed E-state index contributed by atoms with van der Waals surface area (Å²) in [6.45, 7) is 2.32. The lowest BCUT2D eigenvalue weighted by atomic mass is 9.96. The molecule has 1 amide bonds. The van der Waals surface area contributed by atoms with Gasteiger partial charge < -0.3 is 9.84 Å². The largest absolute Gasteiger partial charge is 0.507 e. The summed E-state index contributed by atoms with van der Waals surface area (Å²) in [5.74, 6) is -1.22. The van der Waals surface area contributed by atoms with Gasteiger partial charge in [-0.05, 0) is 30.7 Å². The van der Waals surface area contributed by atoms with Gasteiger partial charge in [-0.3, -0.25) is 19.5 Å². The number of thiazole rings is 1. The monoisotopic (exact) mass is 407 g/mol. The van der Waals surface area contributed by atoms with Crippen LogP contribution in [0.25, 0.3) is 5.76 Å². The normalized spacial score (nSPS) is 18.2. The summed E-state index contributed by atoms with van der Waals surface area (Å²) in [6.07, 6.45) is 4.73. The molecule has 3 heterocycles. The number of hydrogen-bond acceptors (Lipinski definition) is 7. The van der Waals surface area contributed by atoms with E-state index in [1.807, 2.05) is 6.92 Å². The Morgan fingerprint density at radius 1 is 1.24 bits per heavy atom. The van der Waals surface area contributed by atoms with Crippen LogP contribution in [0.4, 0.5) is 5.13 Å². The van der Waals surface area contributed by atoms with E-state index < -0.39 is 17.7 Å². The smallest absolute Gasteiger partial charge is 0.301 e. The standard InChI is InChI=1S/C21H17N3O4S/c1-2-28-15-7-3-5-13(11-15)18(25)16-17(14-6-4-8-22-12-14)24(20(27)19(16)26)21-23-9-10-29-21/h3-12,17,25H,2H2,1H3/b18-16+. The van der Waals surface area contributed by atoms with Crippen molar-refractivity contribution in [1.82, 2.24) is 9.97 Å². The number of aliphatic hydroxyl groups excluding tert-OH is 1. The molecule has 1 atom stereocenters. The molecule has 1 aliphatic heterocycles. The molecule has 29 heavy (non-hydrogen) atoms. The Morgan fingerprint density at radius 3 is 2.79 bits per heavy atom. The Balaban J connectivity index is 1.90. The third kappa shape index (κ3) is 3.38. The molecule has 0 bridgehead atoms. The lowest BCUT2D eigenvalue weighted by Crippen LogP contribution is -2.29. The van der Waals surface area contributed by atoms with Crippen LogP contribution < -0.4 is 9.64 Å². The maximum atomic E-state index is 12.9. The van der Waals surface area contributed by atoms with Crippen LogP contribution in [0.1, 0.15) is 24.1 Å². The number of Topliss-reactive ketones (excluding diaryl/α,β-unsaturated/α-hetero) is 1. The maximum absolute atomic E-state index is 12.9. The molecule has 0 radical (unpaired) electrons. The summed E-state index contributed by atoms with van der Waals surface area (Å²) >= 11 is 1.24. The minimum atomic E-state index is -0.828. The fourth-order valence-electron chi connectivity index (χ4n) is 3.27. The lowest BCUT2D eigenvalue weighted by Gasteiger charge is -2.22. The zero-order valence-electron chi connectivity index (χ0n) is 15.5. The second-order valence-corrected chi connectivity index (χ2v) is 7.10. The minimum absolute atomic E-state index is 0.00755. The highest BCUT2D eigenvalue weighted by molar-refractivity contribution is 7.14. The molecule has 7 nitrogen and oxygen atoms in total.